The van der Waals surface area contributed by atoms with Gasteiger partial charge in [0.15, 0.2) is 0 Å². The van der Waals surface area contributed by atoms with Gasteiger partial charge in [-0.2, -0.15) is 0 Å². The Bertz CT molecular complexity index is 2210. The number of rotatable bonds is 2. The lowest BCUT2D eigenvalue weighted by atomic mass is 9.55. The Morgan fingerprint density at radius 2 is 0.977 bits per heavy atom. The summed E-state index contributed by atoms with van der Waals surface area (Å²) < 4.78 is 0. The van der Waals surface area contributed by atoms with Crippen molar-refractivity contribution in [1.82, 2.24) is 4.98 Å². The minimum atomic E-state index is -0.407. The molecular weight excluding hydrogens is 530 g/mol. The molecule has 0 saturated heterocycles. The Morgan fingerprint density at radius 1 is 0.409 bits per heavy atom. The molecular formula is C43H31N. The lowest BCUT2D eigenvalue weighted by Gasteiger charge is -2.47. The quantitative estimate of drug-likeness (QED) is 0.205. The molecule has 0 radical (unpaired) electrons. The van der Waals surface area contributed by atoms with Crippen LogP contribution in [-0.2, 0) is 10.8 Å². The molecule has 0 aliphatic heterocycles. The van der Waals surface area contributed by atoms with Gasteiger partial charge in [-0.1, -0.05) is 147 Å². The molecule has 44 heavy (non-hydrogen) atoms. The first-order chi connectivity index (χ1) is 21.6. The van der Waals surface area contributed by atoms with Gasteiger partial charge in [-0.05, 0) is 73.8 Å². The molecule has 0 saturated carbocycles. The van der Waals surface area contributed by atoms with Crippen molar-refractivity contribution in [3.05, 3.63) is 185 Å². The molecule has 1 nitrogen and oxygen atoms in total. The highest BCUT2D eigenvalue weighted by Gasteiger charge is 2.53. The molecule has 0 fully saturated rings. The largest absolute Gasteiger partial charge is 0.248 e. The first kappa shape index (κ1) is 25.2. The van der Waals surface area contributed by atoms with Crippen LogP contribution >= 0.6 is 0 Å². The minimum absolute atomic E-state index is 0.155. The van der Waals surface area contributed by atoms with Crippen LogP contribution in [0.1, 0.15) is 47.2 Å². The van der Waals surface area contributed by atoms with E-state index in [2.05, 4.69) is 166 Å². The number of hydrogen-bond donors (Lipinski definition) is 0. The standard InChI is InChI=1S/C43H31N/c1-42(2)36-21-11-12-22-38(36)43(34-19-9-6-16-30(34)31-17-7-10-20-35(31)43)39-26-29(24-25-37(39)42)33-27-41(28-14-4-3-5-15-28)44-40-23-13-8-18-32(33)40/h3-27H,1-2H3. The molecule has 6 aromatic carbocycles. The second kappa shape index (κ2) is 9.11. The third kappa shape index (κ3) is 3.27. The van der Waals surface area contributed by atoms with Crippen molar-refractivity contribution < 1.29 is 0 Å². The van der Waals surface area contributed by atoms with E-state index in [4.69, 9.17) is 4.98 Å². The van der Waals surface area contributed by atoms with Gasteiger partial charge in [-0.3, -0.25) is 0 Å². The monoisotopic (exact) mass is 561 g/mol. The fraction of sp³-hybridized carbons (Fsp3) is 0.0930. The highest BCUT2D eigenvalue weighted by molar-refractivity contribution is 5.97. The first-order valence-electron chi connectivity index (χ1n) is 15.5. The van der Waals surface area contributed by atoms with Crippen LogP contribution in [0, 0.1) is 0 Å². The summed E-state index contributed by atoms with van der Waals surface area (Å²) in [5.41, 5.74) is 15.9. The van der Waals surface area contributed by atoms with Crippen LogP contribution in [0.15, 0.2) is 152 Å². The predicted molar refractivity (Wildman–Crippen MR) is 182 cm³/mol. The lowest BCUT2D eigenvalue weighted by molar-refractivity contribution is 0.563. The third-order valence-electron chi connectivity index (χ3n) is 10.2. The van der Waals surface area contributed by atoms with Gasteiger partial charge in [0.2, 0.25) is 0 Å². The summed E-state index contributed by atoms with van der Waals surface area (Å²) in [6, 6.07) is 55.9. The molecule has 0 unspecified atom stereocenters. The Labute approximate surface area is 258 Å². The van der Waals surface area contributed by atoms with Crippen LogP contribution in [0.5, 0.6) is 0 Å². The number of aromatic nitrogens is 1. The molecule has 2 aliphatic rings. The zero-order valence-corrected chi connectivity index (χ0v) is 24.9. The van der Waals surface area contributed by atoms with Gasteiger partial charge in [0.1, 0.15) is 0 Å². The van der Waals surface area contributed by atoms with Crippen LogP contribution in [0.3, 0.4) is 0 Å². The first-order valence-corrected chi connectivity index (χ1v) is 15.5. The maximum absolute atomic E-state index is 5.10. The third-order valence-corrected chi connectivity index (χ3v) is 10.2. The fourth-order valence-electron chi connectivity index (χ4n) is 8.20. The van der Waals surface area contributed by atoms with E-state index in [1.807, 2.05) is 0 Å². The number of fused-ring (bicyclic) bond motifs is 10. The molecule has 1 spiro atoms. The topological polar surface area (TPSA) is 12.9 Å². The second-order valence-electron chi connectivity index (χ2n) is 12.7. The van der Waals surface area contributed by atoms with E-state index in [-0.39, 0.29) is 5.41 Å². The molecule has 7 aromatic rings. The highest BCUT2D eigenvalue weighted by atomic mass is 14.7. The van der Waals surface area contributed by atoms with Crippen molar-refractivity contribution in [3.8, 4) is 33.5 Å². The Kier molecular flexibility index (Phi) is 5.23. The SMILES string of the molecule is CC1(C)c2ccccc2C2(c3ccccc3-c3ccccc32)c2cc(-c3cc(-c4ccccc4)nc4ccccc34)ccc21. The molecule has 1 heterocycles. The van der Waals surface area contributed by atoms with E-state index >= 15 is 0 Å². The lowest BCUT2D eigenvalue weighted by Crippen LogP contribution is -2.40. The maximum atomic E-state index is 5.10. The van der Waals surface area contributed by atoms with Gasteiger partial charge in [-0.15, -0.1) is 0 Å². The van der Waals surface area contributed by atoms with Gasteiger partial charge < -0.3 is 0 Å². The molecule has 9 rings (SSSR count). The molecule has 0 atom stereocenters. The van der Waals surface area contributed by atoms with Crippen LogP contribution in [0.2, 0.25) is 0 Å². The number of pyridine rings is 1. The van der Waals surface area contributed by atoms with Crippen LogP contribution in [-0.4, -0.2) is 4.98 Å². The summed E-state index contributed by atoms with van der Waals surface area (Å²) in [5, 5.41) is 1.17. The van der Waals surface area contributed by atoms with Crippen molar-refractivity contribution >= 4 is 10.9 Å². The molecule has 0 N–H and O–H groups in total. The summed E-state index contributed by atoms with van der Waals surface area (Å²) in [6.45, 7) is 4.78. The van der Waals surface area contributed by atoms with E-state index in [1.165, 1.54) is 61.0 Å². The maximum Gasteiger partial charge on any atom is 0.0719 e. The fourth-order valence-corrected chi connectivity index (χ4v) is 8.20. The van der Waals surface area contributed by atoms with Crippen molar-refractivity contribution in [2.45, 2.75) is 24.7 Å². The van der Waals surface area contributed by atoms with Crippen molar-refractivity contribution in [3.63, 3.8) is 0 Å². The number of nitrogens with zero attached hydrogens (tertiary/aromatic N) is 1. The summed E-state index contributed by atoms with van der Waals surface area (Å²) >= 11 is 0. The Morgan fingerprint density at radius 3 is 1.70 bits per heavy atom. The zero-order chi connectivity index (χ0) is 29.5. The number of para-hydroxylation sites is 1. The van der Waals surface area contributed by atoms with Gasteiger partial charge >= 0.3 is 0 Å². The average molecular weight is 562 g/mol. The highest BCUT2D eigenvalue weighted by Crippen LogP contribution is 2.62. The molecule has 2 aliphatic carbocycles. The van der Waals surface area contributed by atoms with Crippen molar-refractivity contribution in [2.75, 3.05) is 0 Å². The molecule has 0 bridgehead atoms. The van der Waals surface area contributed by atoms with Crippen molar-refractivity contribution in [1.29, 1.82) is 0 Å². The molecule has 1 aromatic heterocycles. The van der Waals surface area contributed by atoms with E-state index in [0.717, 1.165) is 16.8 Å². The zero-order valence-electron chi connectivity index (χ0n) is 24.9. The molecule has 208 valence electrons. The molecule has 0 amide bonds. The van der Waals surface area contributed by atoms with Gasteiger partial charge in [0.25, 0.3) is 0 Å². The van der Waals surface area contributed by atoms with E-state index in [9.17, 15) is 0 Å². The van der Waals surface area contributed by atoms with E-state index < -0.39 is 5.41 Å². The summed E-state index contributed by atoms with van der Waals surface area (Å²) in [6.07, 6.45) is 0. The van der Waals surface area contributed by atoms with Crippen molar-refractivity contribution in [2.24, 2.45) is 0 Å². The van der Waals surface area contributed by atoms with Gasteiger partial charge in [-0.25, -0.2) is 4.98 Å². The van der Waals surface area contributed by atoms with E-state index in [0.29, 0.717) is 0 Å². The smallest absolute Gasteiger partial charge is 0.0719 e. The number of hydrogen-bond acceptors (Lipinski definition) is 1. The summed E-state index contributed by atoms with van der Waals surface area (Å²) in [7, 11) is 0. The summed E-state index contributed by atoms with van der Waals surface area (Å²) in [4.78, 5) is 5.10. The number of benzene rings is 6. The van der Waals surface area contributed by atoms with Crippen LogP contribution < -0.4 is 0 Å². The Hall–Kier alpha value is -5.27. The predicted octanol–water partition coefficient (Wildman–Crippen LogP) is 10.6. The van der Waals surface area contributed by atoms with Crippen LogP contribution in [0.4, 0.5) is 0 Å². The summed E-state index contributed by atoms with van der Waals surface area (Å²) in [5.74, 6) is 0. The van der Waals surface area contributed by atoms with Gasteiger partial charge in [0.05, 0.1) is 16.6 Å². The van der Waals surface area contributed by atoms with Crippen LogP contribution in [0.25, 0.3) is 44.4 Å². The minimum Gasteiger partial charge on any atom is -0.248 e. The van der Waals surface area contributed by atoms with Gasteiger partial charge in [0, 0.05) is 16.4 Å². The normalized spacial score (nSPS) is 15.0. The average Bonchev–Trinajstić information content (AvgIpc) is 3.38. The molecule has 1 heteroatoms. The Balaban J connectivity index is 1.40. The van der Waals surface area contributed by atoms with E-state index in [1.54, 1.807) is 0 Å². The second-order valence-corrected chi connectivity index (χ2v) is 12.7.